The van der Waals surface area contributed by atoms with Gasteiger partial charge in [-0.05, 0) is 49.8 Å². The Morgan fingerprint density at radius 1 is 0.789 bits per heavy atom. The quantitative estimate of drug-likeness (QED) is 0.263. The van der Waals surface area contributed by atoms with Crippen molar-refractivity contribution in [3.05, 3.63) is 34.9 Å². The van der Waals surface area contributed by atoms with E-state index in [9.17, 15) is 14.4 Å². The van der Waals surface area contributed by atoms with Gasteiger partial charge in [0.05, 0.1) is 0 Å². The van der Waals surface area contributed by atoms with Gasteiger partial charge >= 0.3 is 6.03 Å². The van der Waals surface area contributed by atoms with Crippen LogP contribution >= 0.6 is 11.6 Å². The maximum Gasteiger partial charge on any atom is 0.318 e. The molecule has 2 N–H and O–H groups in total. The largest absolute Gasteiger partial charge is 0.354 e. The zero-order chi connectivity index (χ0) is 27.2. The Morgan fingerprint density at radius 3 is 2.03 bits per heavy atom. The minimum atomic E-state index is -0.504. The average Bonchev–Trinajstić information content (AvgIpc) is 3.61. The third-order valence-corrected chi connectivity index (χ3v) is 8.08. The van der Waals surface area contributed by atoms with Crippen molar-refractivity contribution in [1.29, 1.82) is 0 Å². The minimum absolute atomic E-state index is 0.0523. The molecule has 4 amide bonds. The molecule has 0 aromatic heterocycles. The molecule has 0 spiro atoms. The number of nitrogens with zero attached hydrogens (tertiary/aromatic N) is 2. The van der Waals surface area contributed by atoms with Crippen molar-refractivity contribution in [2.24, 2.45) is 0 Å². The van der Waals surface area contributed by atoms with Gasteiger partial charge in [-0.2, -0.15) is 0 Å². The lowest BCUT2D eigenvalue weighted by Gasteiger charge is -2.31. The number of unbranched alkanes of at least 4 members (excludes halogenated alkanes) is 9. The fourth-order valence-electron chi connectivity index (χ4n) is 5.58. The summed E-state index contributed by atoms with van der Waals surface area (Å²) >= 11 is 5.94. The summed E-state index contributed by atoms with van der Waals surface area (Å²) in [6.07, 6.45) is 15.5. The van der Waals surface area contributed by atoms with E-state index in [0.29, 0.717) is 44.0 Å². The second-order valence-electron chi connectivity index (χ2n) is 10.8. The fraction of sp³-hybridized carbons (Fsp3) is 0.700. The van der Waals surface area contributed by atoms with E-state index in [0.717, 1.165) is 31.2 Å². The lowest BCUT2D eigenvalue weighted by molar-refractivity contribution is -0.141. The van der Waals surface area contributed by atoms with Crippen LogP contribution in [0.5, 0.6) is 0 Å². The van der Waals surface area contributed by atoms with E-state index in [4.69, 9.17) is 11.6 Å². The Bertz CT molecular complexity index is 879. The van der Waals surface area contributed by atoms with Crippen molar-refractivity contribution in [2.45, 2.75) is 115 Å². The summed E-state index contributed by atoms with van der Waals surface area (Å²) in [4.78, 5) is 42.6. The van der Waals surface area contributed by atoms with Gasteiger partial charge in [0.2, 0.25) is 11.8 Å². The van der Waals surface area contributed by atoms with E-state index in [1.165, 1.54) is 51.4 Å². The standard InChI is InChI=1S/C30H47ClN4O3/c1-2-3-4-5-6-7-8-9-10-11-20-32-28(36)26-14-12-21-34(26)29(37)27-15-13-22-35(27)30(38)33-23-24-16-18-25(31)19-17-24/h16-19,26-27H,2-15,20-23H2,1H3,(H,32,36)(H,33,38)/t26-,27-/m0/s1. The first kappa shape index (κ1) is 30.3. The van der Waals surface area contributed by atoms with Crippen LogP contribution in [0.25, 0.3) is 0 Å². The summed E-state index contributed by atoms with van der Waals surface area (Å²) in [6, 6.07) is 6.16. The van der Waals surface area contributed by atoms with Gasteiger partial charge in [-0.1, -0.05) is 88.4 Å². The van der Waals surface area contributed by atoms with Crippen LogP contribution in [0.2, 0.25) is 5.02 Å². The second kappa shape index (κ2) is 16.6. The van der Waals surface area contributed by atoms with Crippen LogP contribution in [0.15, 0.2) is 24.3 Å². The highest BCUT2D eigenvalue weighted by Gasteiger charge is 2.42. The first-order chi connectivity index (χ1) is 18.5. The Balaban J connectivity index is 1.37. The maximum absolute atomic E-state index is 13.5. The molecule has 0 saturated carbocycles. The van der Waals surface area contributed by atoms with E-state index in [1.54, 1.807) is 21.9 Å². The summed E-state index contributed by atoms with van der Waals surface area (Å²) in [5, 5.41) is 6.64. The predicted octanol–water partition coefficient (Wildman–Crippen LogP) is 6.04. The normalized spacial score (nSPS) is 19.1. The van der Waals surface area contributed by atoms with Crippen molar-refractivity contribution in [3.63, 3.8) is 0 Å². The van der Waals surface area contributed by atoms with Crippen LogP contribution in [-0.2, 0) is 16.1 Å². The Morgan fingerprint density at radius 2 is 1.37 bits per heavy atom. The number of likely N-dealkylation sites (tertiary alicyclic amines) is 2. The number of hydrogen-bond acceptors (Lipinski definition) is 3. The van der Waals surface area contributed by atoms with E-state index in [-0.39, 0.29) is 17.8 Å². The number of amides is 4. The van der Waals surface area contributed by atoms with Crippen LogP contribution in [0.1, 0.15) is 102 Å². The van der Waals surface area contributed by atoms with Crippen molar-refractivity contribution in [2.75, 3.05) is 19.6 Å². The fourth-order valence-corrected chi connectivity index (χ4v) is 5.71. The summed E-state index contributed by atoms with van der Waals surface area (Å²) in [6.45, 7) is 4.41. The summed E-state index contributed by atoms with van der Waals surface area (Å²) in [5.74, 6) is -0.149. The molecule has 8 heteroatoms. The minimum Gasteiger partial charge on any atom is -0.354 e. The van der Waals surface area contributed by atoms with E-state index in [1.807, 2.05) is 12.1 Å². The average molecular weight is 547 g/mol. The van der Waals surface area contributed by atoms with Crippen LogP contribution in [0.3, 0.4) is 0 Å². The molecule has 2 saturated heterocycles. The molecule has 0 radical (unpaired) electrons. The van der Waals surface area contributed by atoms with Gasteiger partial charge in [-0.25, -0.2) is 4.79 Å². The molecule has 3 rings (SSSR count). The van der Waals surface area contributed by atoms with E-state index >= 15 is 0 Å². The molecule has 0 unspecified atom stereocenters. The highest BCUT2D eigenvalue weighted by atomic mass is 35.5. The molecule has 2 aliphatic rings. The number of urea groups is 1. The lowest BCUT2D eigenvalue weighted by atomic mass is 10.1. The number of hydrogen-bond donors (Lipinski definition) is 2. The molecule has 2 atom stereocenters. The third kappa shape index (κ3) is 9.48. The highest BCUT2D eigenvalue weighted by Crippen LogP contribution is 2.25. The molecular formula is C30H47ClN4O3. The van der Waals surface area contributed by atoms with Crippen LogP contribution in [0, 0.1) is 0 Å². The van der Waals surface area contributed by atoms with Crippen LogP contribution in [0.4, 0.5) is 4.79 Å². The van der Waals surface area contributed by atoms with Gasteiger partial charge < -0.3 is 20.4 Å². The molecule has 1 aromatic carbocycles. The molecule has 0 bridgehead atoms. The van der Waals surface area contributed by atoms with Crippen molar-refractivity contribution < 1.29 is 14.4 Å². The van der Waals surface area contributed by atoms with Crippen molar-refractivity contribution in [1.82, 2.24) is 20.4 Å². The molecule has 0 aliphatic carbocycles. The summed E-state index contributed by atoms with van der Waals surface area (Å²) in [7, 11) is 0. The Labute approximate surface area is 234 Å². The maximum atomic E-state index is 13.5. The van der Waals surface area contributed by atoms with Gasteiger partial charge in [0, 0.05) is 31.2 Å². The Kier molecular flexibility index (Phi) is 13.2. The van der Waals surface area contributed by atoms with Crippen molar-refractivity contribution >= 4 is 29.4 Å². The van der Waals surface area contributed by atoms with Gasteiger partial charge in [-0.15, -0.1) is 0 Å². The Hall–Kier alpha value is -2.28. The smallest absolute Gasteiger partial charge is 0.318 e. The molecule has 2 aliphatic heterocycles. The first-order valence-electron chi connectivity index (χ1n) is 14.9. The van der Waals surface area contributed by atoms with Crippen LogP contribution < -0.4 is 10.6 Å². The molecule has 38 heavy (non-hydrogen) atoms. The number of carbonyl (C=O) groups is 3. The zero-order valence-electron chi connectivity index (χ0n) is 23.2. The van der Waals surface area contributed by atoms with Gasteiger partial charge in [0.15, 0.2) is 0 Å². The molecule has 212 valence electrons. The molecule has 1 aromatic rings. The molecule has 2 fully saturated rings. The van der Waals surface area contributed by atoms with Crippen LogP contribution in [-0.4, -0.2) is 59.4 Å². The SMILES string of the molecule is CCCCCCCCCCCCNC(=O)[C@@H]1CCCN1C(=O)[C@@H]1CCCN1C(=O)NCc1ccc(Cl)cc1. The summed E-state index contributed by atoms with van der Waals surface area (Å²) < 4.78 is 0. The number of benzene rings is 1. The summed E-state index contributed by atoms with van der Waals surface area (Å²) in [5.41, 5.74) is 0.948. The number of halogens is 1. The topological polar surface area (TPSA) is 81.8 Å². The molecule has 2 heterocycles. The number of carbonyl (C=O) groups excluding carboxylic acids is 3. The zero-order valence-corrected chi connectivity index (χ0v) is 23.9. The van der Waals surface area contributed by atoms with Crippen molar-refractivity contribution in [3.8, 4) is 0 Å². The highest BCUT2D eigenvalue weighted by molar-refractivity contribution is 6.30. The third-order valence-electron chi connectivity index (χ3n) is 7.82. The van der Waals surface area contributed by atoms with E-state index < -0.39 is 12.1 Å². The second-order valence-corrected chi connectivity index (χ2v) is 11.2. The monoisotopic (exact) mass is 546 g/mol. The predicted molar refractivity (Wildman–Crippen MR) is 153 cm³/mol. The van der Waals surface area contributed by atoms with Gasteiger partial charge in [0.25, 0.3) is 0 Å². The lowest BCUT2D eigenvalue weighted by Crippen LogP contribution is -2.54. The van der Waals surface area contributed by atoms with Gasteiger partial charge in [-0.3, -0.25) is 9.59 Å². The van der Waals surface area contributed by atoms with E-state index in [2.05, 4.69) is 17.6 Å². The number of rotatable bonds is 15. The first-order valence-corrected chi connectivity index (χ1v) is 15.3. The molecule has 7 nitrogen and oxygen atoms in total. The molecular weight excluding hydrogens is 500 g/mol. The van der Waals surface area contributed by atoms with Gasteiger partial charge in [0.1, 0.15) is 12.1 Å². The number of nitrogens with one attached hydrogen (secondary N) is 2.